The number of hydrogen-bond acceptors (Lipinski definition) is 6. The van der Waals surface area contributed by atoms with Gasteiger partial charge in [-0.25, -0.2) is 4.98 Å². The Bertz CT molecular complexity index is 983. The van der Waals surface area contributed by atoms with E-state index in [4.69, 9.17) is 9.47 Å². The fraction of sp³-hybridized carbons (Fsp3) is 0.400. The van der Waals surface area contributed by atoms with Gasteiger partial charge >= 0.3 is 0 Å². The largest absolute Gasteiger partial charge is 0.491 e. The summed E-state index contributed by atoms with van der Waals surface area (Å²) in [6, 6.07) is 7.41. The molecule has 1 atom stereocenters. The predicted molar refractivity (Wildman–Crippen MR) is 101 cm³/mol. The van der Waals surface area contributed by atoms with E-state index < -0.39 is 0 Å². The van der Waals surface area contributed by atoms with Gasteiger partial charge in [0.05, 0.1) is 31.0 Å². The molecule has 3 aromatic heterocycles. The number of anilines is 1. The number of ether oxygens (including phenoxy) is 2. The molecular weight excluding hydrogens is 358 g/mol. The van der Waals surface area contributed by atoms with Gasteiger partial charge in [-0.2, -0.15) is 0 Å². The normalized spacial score (nSPS) is 19.4. The summed E-state index contributed by atoms with van der Waals surface area (Å²) in [7, 11) is 0. The van der Waals surface area contributed by atoms with E-state index in [1.54, 1.807) is 17.4 Å². The first kappa shape index (κ1) is 17.0. The highest BCUT2D eigenvalue weighted by Gasteiger charge is 2.33. The first-order chi connectivity index (χ1) is 13.8. The summed E-state index contributed by atoms with van der Waals surface area (Å²) in [5.41, 5.74) is 1.60. The smallest absolute Gasteiger partial charge is 0.233 e. The quantitative estimate of drug-likeness (QED) is 0.627. The van der Waals surface area contributed by atoms with Crippen molar-refractivity contribution < 1.29 is 14.3 Å². The lowest BCUT2D eigenvalue weighted by Gasteiger charge is -2.17. The molecule has 1 aliphatic heterocycles. The van der Waals surface area contributed by atoms with Gasteiger partial charge in [-0.1, -0.05) is 0 Å². The molecule has 1 saturated carbocycles. The molecule has 8 heteroatoms. The van der Waals surface area contributed by atoms with Crippen molar-refractivity contribution in [1.82, 2.24) is 19.6 Å². The van der Waals surface area contributed by atoms with Crippen molar-refractivity contribution in [2.24, 2.45) is 11.8 Å². The van der Waals surface area contributed by atoms with Crippen molar-refractivity contribution in [2.45, 2.75) is 19.3 Å². The van der Waals surface area contributed by atoms with Gasteiger partial charge in [-0.05, 0) is 43.4 Å². The van der Waals surface area contributed by atoms with E-state index in [1.165, 1.54) is 12.8 Å². The topological polar surface area (TPSA) is 81.9 Å². The lowest BCUT2D eigenvalue weighted by atomic mass is 10.1. The van der Waals surface area contributed by atoms with Crippen LogP contribution in [0.15, 0.2) is 43.0 Å². The van der Waals surface area contributed by atoms with Crippen molar-refractivity contribution in [1.29, 1.82) is 0 Å². The molecule has 2 aliphatic rings. The summed E-state index contributed by atoms with van der Waals surface area (Å²) in [4.78, 5) is 18.8. The van der Waals surface area contributed by atoms with Gasteiger partial charge in [0, 0.05) is 18.8 Å². The lowest BCUT2D eigenvalue weighted by Crippen LogP contribution is -2.29. The molecule has 0 spiro atoms. The van der Waals surface area contributed by atoms with Crippen LogP contribution in [-0.2, 0) is 4.79 Å². The Morgan fingerprint density at radius 3 is 2.82 bits per heavy atom. The molecule has 5 rings (SSSR count). The van der Waals surface area contributed by atoms with E-state index in [2.05, 4.69) is 15.2 Å². The molecule has 2 fully saturated rings. The minimum absolute atomic E-state index is 0.0739. The van der Waals surface area contributed by atoms with Gasteiger partial charge in [0.1, 0.15) is 12.1 Å². The first-order valence-corrected chi connectivity index (χ1v) is 9.59. The molecule has 0 bridgehead atoms. The minimum Gasteiger partial charge on any atom is -0.491 e. The van der Waals surface area contributed by atoms with Crippen LogP contribution < -0.4 is 14.4 Å². The number of pyridine rings is 2. The van der Waals surface area contributed by atoms with Gasteiger partial charge in [0.2, 0.25) is 11.8 Å². The molecule has 1 saturated heterocycles. The molecular formula is C20H21N5O3. The summed E-state index contributed by atoms with van der Waals surface area (Å²) in [6.07, 6.45) is 8.42. The van der Waals surface area contributed by atoms with Crippen LogP contribution in [0.3, 0.4) is 0 Å². The maximum atomic E-state index is 12.8. The summed E-state index contributed by atoms with van der Waals surface area (Å²) in [5.74, 6) is 1.87. The summed E-state index contributed by atoms with van der Waals surface area (Å²) >= 11 is 0. The van der Waals surface area contributed by atoms with Crippen LogP contribution in [0.4, 0.5) is 5.69 Å². The maximum Gasteiger partial charge on any atom is 0.233 e. The number of fused-ring (bicyclic) bond motifs is 1. The Labute approximate surface area is 162 Å². The second kappa shape index (κ2) is 7.10. The maximum absolute atomic E-state index is 12.8. The Morgan fingerprint density at radius 1 is 1.07 bits per heavy atom. The highest BCUT2D eigenvalue weighted by molar-refractivity contribution is 5.97. The molecule has 144 valence electrons. The van der Waals surface area contributed by atoms with Crippen molar-refractivity contribution in [3.8, 4) is 11.6 Å². The van der Waals surface area contributed by atoms with Crippen LogP contribution in [0.25, 0.3) is 5.65 Å². The van der Waals surface area contributed by atoms with Gasteiger partial charge in [0.15, 0.2) is 5.65 Å². The molecule has 4 heterocycles. The molecule has 28 heavy (non-hydrogen) atoms. The molecule has 8 nitrogen and oxygen atoms in total. The number of aromatic nitrogens is 4. The standard InChI is InChI=1S/C20H21N5O3/c26-20-15(7-8-25(20)16-3-5-18-23-22-13-24(18)10-16)12-27-17-4-6-19(21-9-17)28-11-14-1-2-14/h3-6,9-10,13-15H,1-2,7-8,11-12H2. The van der Waals surface area contributed by atoms with E-state index in [9.17, 15) is 4.79 Å². The predicted octanol–water partition coefficient (Wildman–Crippen LogP) is 2.34. The minimum atomic E-state index is -0.164. The molecule has 1 aliphatic carbocycles. The average Bonchev–Trinajstić information content (AvgIpc) is 3.31. The Hall–Kier alpha value is -3.16. The van der Waals surface area contributed by atoms with Crippen LogP contribution in [0.5, 0.6) is 11.6 Å². The van der Waals surface area contributed by atoms with Gasteiger partial charge in [-0.3, -0.25) is 9.20 Å². The van der Waals surface area contributed by atoms with E-state index in [-0.39, 0.29) is 11.8 Å². The summed E-state index contributed by atoms with van der Waals surface area (Å²) in [5, 5.41) is 7.86. The number of rotatable bonds is 7. The van der Waals surface area contributed by atoms with Crippen molar-refractivity contribution in [3.63, 3.8) is 0 Å². The second-order valence-electron chi connectivity index (χ2n) is 7.36. The zero-order valence-corrected chi connectivity index (χ0v) is 15.4. The van der Waals surface area contributed by atoms with E-state index in [1.807, 2.05) is 34.9 Å². The van der Waals surface area contributed by atoms with Crippen LogP contribution in [0.1, 0.15) is 19.3 Å². The van der Waals surface area contributed by atoms with Crippen LogP contribution in [0.2, 0.25) is 0 Å². The van der Waals surface area contributed by atoms with Crippen LogP contribution in [-0.4, -0.2) is 45.2 Å². The van der Waals surface area contributed by atoms with Crippen LogP contribution >= 0.6 is 0 Å². The summed E-state index contributed by atoms with van der Waals surface area (Å²) < 4.78 is 13.2. The summed E-state index contributed by atoms with van der Waals surface area (Å²) in [6.45, 7) is 1.75. The molecule has 3 aromatic rings. The number of amides is 1. The van der Waals surface area contributed by atoms with Crippen LogP contribution in [0, 0.1) is 11.8 Å². The zero-order valence-electron chi connectivity index (χ0n) is 15.4. The van der Waals surface area contributed by atoms with E-state index in [0.29, 0.717) is 30.7 Å². The Kier molecular flexibility index (Phi) is 4.31. The van der Waals surface area contributed by atoms with Crippen molar-refractivity contribution in [3.05, 3.63) is 43.0 Å². The number of carbonyl (C=O) groups excluding carboxylic acids is 1. The first-order valence-electron chi connectivity index (χ1n) is 9.59. The Balaban J connectivity index is 1.17. The zero-order chi connectivity index (χ0) is 18.9. The van der Waals surface area contributed by atoms with Crippen molar-refractivity contribution in [2.75, 3.05) is 24.7 Å². The highest BCUT2D eigenvalue weighted by Crippen LogP contribution is 2.29. The van der Waals surface area contributed by atoms with Gasteiger partial charge in [-0.15, -0.1) is 10.2 Å². The lowest BCUT2D eigenvalue weighted by molar-refractivity contribution is -0.121. The van der Waals surface area contributed by atoms with Crippen molar-refractivity contribution >= 4 is 17.2 Å². The molecule has 1 amide bonds. The average molecular weight is 379 g/mol. The Morgan fingerprint density at radius 2 is 2.00 bits per heavy atom. The SMILES string of the molecule is O=C1C(COc2ccc(OCC3CC3)nc2)CCN1c1ccc2nncn2c1. The van der Waals surface area contributed by atoms with Gasteiger partial charge in [0.25, 0.3) is 0 Å². The number of hydrogen-bond donors (Lipinski definition) is 0. The molecule has 0 radical (unpaired) electrons. The fourth-order valence-corrected chi connectivity index (χ4v) is 3.35. The highest BCUT2D eigenvalue weighted by atomic mass is 16.5. The third kappa shape index (κ3) is 3.49. The van der Waals surface area contributed by atoms with Gasteiger partial charge < -0.3 is 14.4 Å². The van der Waals surface area contributed by atoms with E-state index in [0.717, 1.165) is 24.4 Å². The monoisotopic (exact) mass is 379 g/mol. The third-order valence-electron chi connectivity index (χ3n) is 5.23. The second-order valence-corrected chi connectivity index (χ2v) is 7.36. The van der Waals surface area contributed by atoms with E-state index >= 15 is 0 Å². The molecule has 0 aromatic carbocycles. The molecule has 1 unspecified atom stereocenters. The number of nitrogens with zero attached hydrogens (tertiary/aromatic N) is 5. The molecule has 0 N–H and O–H groups in total. The fourth-order valence-electron chi connectivity index (χ4n) is 3.35. The third-order valence-corrected chi connectivity index (χ3v) is 5.23. The number of carbonyl (C=O) groups is 1.